The van der Waals surface area contributed by atoms with Crippen LogP contribution < -0.4 is 21.3 Å². The number of para-hydroxylation sites is 1. The number of amides is 4. The number of esters is 1. The molecule has 0 bridgehead atoms. The maximum atomic E-state index is 13.4. The standard InChI is InChI=1S/C29H36N2O4.C24H37NO4.C23H33NO6.C23H29NO5.2CO2.4CH4/c1-17(14-18-16-30-22-7-5-4-6-19(18)22)31-26(35)12-13-28(2)24(33)10-8-20-21-9-11-25(34)29(21,3)15-23(32)27(20)28;1-6-14(2)15(3)25-21(29)11-12-23(4)19(27)9-7-16-17-8-10-20(28)24(17,5)13-18(26)22(16)23;1-4-30-20(29)10-12-24-19(28)9-11-22(2)17(26)7-5-14-15-6-8-18(27)23(15,3)13-16(25)21(14)22;1-22(10-9-20(28)24-13-14-4-3-11-29-14)18(26)7-5-15-16-6-8-19(27)23(16,2)12-17(25)21(15)22;2*2-1-3;;;;/h4-7,16-17,20-21,27,30H,8-15H2,1-3H3,(H,31,35);14-17,22H,6-13H2,1-5H3,(H,25,29);14-15,21H,4-13H2,1-3H3,(H,24,28);3-4,11,15-16,21H,5-10,12-13H2,1-2H3,(H,24,28);;;4*1H4/t17-,20+,21+,27-,28+,29+;14-,15+,16-,17-,22+,23-,24-;14-,15-,21+,22-,23-;15-,16-,21+,22-,23-;;;;;;/m1000....../s1. The van der Waals surface area contributed by atoms with Crippen LogP contribution in [0.1, 0.15) is 324 Å². The molecule has 2 heterocycles. The molecular formula is C105H151N5O23. The van der Waals surface area contributed by atoms with Crippen LogP contribution in [0.25, 0.3) is 10.9 Å². The summed E-state index contributed by atoms with van der Waals surface area (Å²) in [6.07, 6.45) is 19.0. The largest absolute Gasteiger partial charge is 0.467 e. The maximum absolute atomic E-state index is 13.4. The fourth-order valence-corrected chi connectivity index (χ4v) is 26.5. The van der Waals surface area contributed by atoms with Gasteiger partial charge in [0, 0.05) is 205 Å². The molecule has 0 spiro atoms. The number of aromatic nitrogens is 1. The molecule has 28 nitrogen and oxygen atoms in total. The van der Waals surface area contributed by atoms with Crippen LogP contribution in [-0.2, 0) is 118 Å². The Morgan fingerprint density at radius 2 is 0.767 bits per heavy atom. The number of benzene rings is 1. The van der Waals surface area contributed by atoms with E-state index in [1.165, 1.54) is 0 Å². The van der Waals surface area contributed by atoms with Crippen LogP contribution in [0, 0.1) is 120 Å². The lowest BCUT2D eigenvalue weighted by Gasteiger charge is -2.53. The number of Topliss-reactive ketones (excluding diaryl/α,β-unsaturated/α-hetero) is 12. The molecule has 4 amide bonds. The van der Waals surface area contributed by atoms with E-state index in [2.05, 4.69) is 46.2 Å². The summed E-state index contributed by atoms with van der Waals surface area (Å²) in [6.45, 7) is 26.0. The zero-order valence-electron chi connectivity index (χ0n) is 77.7. The SMILES string of the molecule is C.C.C.C.CCOC(=O)CCNC(=O)CC[C@@]1(C)C(=O)CC[C@@H]2[C@@H]1C(=O)C[C@]1(C)C(=O)CC[C@@H]21.CC[C@H](C)[C@@H](C)NC(=O)CC[C@@]1(C)C(=O)CC[C@@H]2[C@@H]1C(=O)C[C@]1(C)C(=O)CC[C@@H]21.C[C@H](Cc1c[nH]c2ccccc12)NC(=O)CC[C@@]1(C)C(=O)CC[C@@H]2[C@@H]1C(=O)C[C@]1(C)C(=O)CC[C@@H]21.C[C@]1(CCC(=O)NCc2ccco2)C(=O)CC[C@@H]2[C@@H]1C(=O)C[C@]1(C)C(=O)CC[C@@H]21.O=C=O.O=C=O. The molecule has 0 radical (unpaired) electrons. The number of nitrogens with one attached hydrogen (secondary N) is 5. The third-order valence-corrected chi connectivity index (χ3v) is 34.0. The van der Waals surface area contributed by atoms with Gasteiger partial charge in [0.1, 0.15) is 75.2 Å². The number of hydrogen-bond acceptors (Lipinski definition) is 23. The lowest BCUT2D eigenvalue weighted by Crippen LogP contribution is -2.56. The van der Waals surface area contributed by atoms with Gasteiger partial charge in [-0.15, -0.1) is 0 Å². The average molecular weight is 1850 g/mol. The molecular weight excluding hydrogens is 1700 g/mol. The van der Waals surface area contributed by atoms with Gasteiger partial charge in [-0.3, -0.25) is 81.5 Å². The van der Waals surface area contributed by atoms with Gasteiger partial charge in [0.05, 0.1) is 25.8 Å². The third kappa shape index (κ3) is 23.0. The lowest BCUT2D eigenvalue weighted by atomic mass is 9.48. The maximum Gasteiger partial charge on any atom is 0.373 e. The van der Waals surface area contributed by atoms with Crippen LogP contribution >= 0.6 is 0 Å². The summed E-state index contributed by atoms with van der Waals surface area (Å²) in [5.41, 5.74) is -3.31. The summed E-state index contributed by atoms with van der Waals surface area (Å²) in [4.78, 5) is 252. The number of carbonyl (C=O) groups is 17. The van der Waals surface area contributed by atoms with Gasteiger partial charge in [0.25, 0.3) is 0 Å². The molecule has 12 saturated carbocycles. The van der Waals surface area contributed by atoms with Crippen molar-refractivity contribution in [3.63, 3.8) is 0 Å². The first-order chi connectivity index (χ1) is 60.9. The molecule has 2 aromatic heterocycles. The van der Waals surface area contributed by atoms with Gasteiger partial charge in [0.15, 0.2) is 0 Å². The quantitative estimate of drug-likeness (QED) is 0.0520. The molecule has 1 aromatic carbocycles. The van der Waals surface area contributed by atoms with E-state index in [0.717, 1.165) is 48.6 Å². The number of furan rings is 1. The van der Waals surface area contributed by atoms with E-state index in [-0.39, 0.29) is 283 Å². The molecule has 133 heavy (non-hydrogen) atoms. The van der Waals surface area contributed by atoms with Crippen molar-refractivity contribution >= 4 is 122 Å². The van der Waals surface area contributed by atoms with E-state index in [1.54, 1.807) is 25.3 Å². The minimum atomic E-state index is -0.870. The number of rotatable bonds is 24. The molecule has 12 fully saturated rings. The van der Waals surface area contributed by atoms with Gasteiger partial charge in [-0.1, -0.05) is 124 Å². The zero-order valence-corrected chi connectivity index (χ0v) is 77.7. The molecule has 734 valence electrons. The number of ketones is 12. The van der Waals surface area contributed by atoms with Crippen LogP contribution in [0.4, 0.5) is 0 Å². The van der Waals surface area contributed by atoms with Crippen molar-refractivity contribution in [2.24, 2.45) is 120 Å². The predicted molar refractivity (Wildman–Crippen MR) is 495 cm³/mol. The van der Waals surface area contributed by atoms with E-state index in [0.29, 0.717) is 134 Å². The number of aromatic amines is 1. The topological polar surface area (TPSA) is 445 Å². The van der Waals surface area contributed by atoms with Crippen molar-refractivity contribution in [3.05, 3.63) is 60.2 Å². The first-order valence-electron chi connectivity index (χ1n) is 47.1. The monoisotopic (exact) mass is 1850 g/mol. The highest BCUT2D eigenvalue weighted by atomic mass is 16.5. The van der Waals surface area contributed by atoms with E-state index < -0.39 is 49.2 Å². The van der Waals surface area contributed by atoms with Gasteiger partial charge in [0.2, 0.25) is 23.6 Å². The highest BCUT2D eigenvalue weighted by Crippen LogP contribution is 2.65. The summed E-state index contributed by atoms with van der Waals surface area (Å²) in [6, 6.07) is 11.7. The molecule has 15 rings (SSSR count). The Labute approximate surface area is 785 Å². The molecule has 0 saturated heterocycles. The van der Waals surface area contributed by atoms with Crippen molar-refractivity contribution in [1.29, 1.82) is 0 Å². The Balaban J connectivity index is 0.000000265. The fraction of sp³-hybridized carbons (Fsp3) is 0.705. The first kappa shape index (κ1) is 112. The Bertz CT molecular complexity index is 4860. The number of ether oxygens (including phenoxy) is 1. The van der Waals surface area contributed by atoms with Crippen molar-refractivity contribution in [2.45, 2.75) is 337 Å². The predicted octanol–water partition coefficient (Wildman–Crippen LogP) is 15.4. The van der Waals surface area contributed by atoms with E-state index in [1.807, 2.05) is 93.6 Å². The number of fused-ring (bicyclic) bond motifs is 13. The summed E-state index contributed by atoms with van der Waals surface area (Å²) in [5.74, 6) is 0.970. The van der Waals surface area contributed by atoms with Gasteiger partial charge in [-0.05, 0) is 181 Å². The van der Waals surface area contributed by atoms with Gasteiger partial charge in [-0.25, -0.2) is 0 Å². The second kappa shape index (κ2) is 46.2. The third-order valence-electron chi connectivity index (χ3n) is 34.0. The zero-order chi connectivity index (χ0) is 94.8. The highest BCUT2D eigenvalue weighted by Gasteiger charge is 2.68. The van der Waals surface area contributed by atoms with E-state index >= 15 is 0 Å². The summed E-state index contributed by atoms with van der Waals surface area (Å²) >= 11 is 0. The van der Waals surface area contributed by atoms with E-state index in [9.17, 15) is 81.5 Å². The highest BCUT2D eigenvalue weighted by molar-refractivity contribution is 6.04. The van der Waals surface area contributed by atoms with Crippen LogP contribution in [0.2, 0.25) is 0 Å². The second-order valence-corrected chi connectivity index (χ2v) is 41.3. The second-order valence-electron chi connectivity index (χ2n) is 41.3. The first-order valence-corrected chi connectivity index (χ1v) is 47.1. The molecule has 12 aliphatic carbocycles. The molecule has 0 unspecified atom stereocenters. The average Bonchev–Trinajstić information content (AvgIpc) is 1.39. The Hall–Kier alpha value is -9.81. The van der Waals surface area contributed by atoms with E-state index in [4.69, 9.17) is 28.3 Å². The summed E-state index contributed by atoms with van der Waals surface area (Å²) in [7, 11) is 0. The van der Waals surface area contributed by atoms with Gasteiger partial charge in [-0.2, -0.15) is 19.2 Å². The lowest BCUT2D eigenvalue weighted by molar-refractivity contribution is -0.193. The summed E-state index contributed by atoms with van der Waals surface area (Å²) in [5, 5.41) is 12.8. The van der Waals surface area contributed by atoms with Crippen LogP contribution in [0.5, 0.6) is 0 Å². The number of carbonyl (C=O) groups excluding carboxylic acids is 21. The Morgan fingerprint density at radius 3 is 1.11 bits per heavy atom. The van der Waals surface area contributed by atoms with Gasteiger partial charge >= 0.3 is 18.3 Å². The van der Waals surface area contributed by atoms with Gasteiger partial charge < -0.3 is 35.4 Å². The smallest absolute Gasteiger partial charge is 0.373 e. The number of hydrogen-bond donors (Lipinski definition) is 5. The number of H-pyrrole nitrogens is 1. The Kier molecular flexibility index (Phi) is 38.8. The molecule has 3 aromatic rings. The minimum absolute atomic E-state index is 0. The van der Waals surface area contributed by atoms with Crippen molar-refractivity contribution in [2.75, 3.05) is 13.2 Å². The van der Waals surface area contributed by atoms with Crippen LogP contribution in [0.3, 0.4) is 0 Å². The van der Waals surface area contributed by atoms with Crippen molar-refractivity contribution in [1.82, 2.24) is 26.3 Å². The van der Waals surface area contributed by atoms with Crippen molar-refractivity contribution in [3.8, 4) is 0 Å². The Morgan fingerprint density at radius 1 is 0.436 bits per heavy atom. The molecule has 12 aliphatic rings. The fourth-order valence-electron chi connectivity index (χ4n) is 26.5. The van der Waals surface area contributed by atoms with Crippen molar-refractivity contribution < 1.29 is 110 Å². The summed E-state index contributed by atoms with van der Waals surface area (Å²) < 4.78 is 10.1. The normalized spacial score (nSPS) is 33.4. The molecule has 23 atom stereocenters. The van der Waals surface area contributed by atoms with Crippen LogP contribution in [-0.4, -0.2) is 142 Å². The van der Waals surface area contributed by atoms with Crippen LogP contribution in [0.15, 0.2) is 53.3 Å². The molecule has 0 aliphatic heterocycles. The molecule has 28 heteroatoms. The molecule has 5 N–H and O–H groups in total. The minimum Gasteiger partial charge on any atom is -0.467 e.